The van der Waals surface area contributed by atoms with Gasteiger partial charge in [0.15, 0.2) is 0 Å². The van der Waals surface area contributed by atoms with Crippen LogP contribution in [0, 0.1) is 5.92 Å². The van der Waals surface area contributed by atoms with E-state index >= 15 is 0 Å². The van der Waals surface area contributed by atoms with Gasteiger partial charge in [-0.25, -0.2) is 4.98 Å². The Bertz CT molecular complexity index is 744. The molecule has 22 heavy (non-hydrogen) atoms. The average Bonchev–Trinajstić information content (AvgIpc) is 2.95. The van der Waals surface area contributed by atoms with Crippen molar-refractivity contribution in [2.24, 2.45) is 11.7 Å². The highest BCUT2D eigenvalue weighted by Crippen LogP contribution is 2.21. The predicted molar refractivity (Wildman–Crippen MR) is 86.7 cm³/mol. The fraction of sp³-hybridized carbons (Fsp3) is 0.533. The number of amides is 1. The summed E-state index contributed by atoms with van der Waals surface area (Å²) in [6.45, 7) is 4.15. The van der Waals surface area contributed by atoms with Crippen molar-refractivity contribution < 1.29 is 4.79 Å². The summed E-state index contributed by atoms with van der Waals surface area (Å²) in [5.74, 6) is -0.247. The number of rotatable bonds is 4. The molecule has 0 radical (unpaired) electrons. The van der Waals surface area contributed by atoms with E-state index in [-0.39, 0.29) is 17.4 Å². The van der Waals surface area contributed by atoms with E-state index in [1.54, 1.807) is 22.2 Å². The van der Waals surface area contributed by atoms with Gasteiger partial charge in [-0.1, -0.05) is 6.92 Å². The zero-order chi connectivity index (χ0) is 15.7. The Kier molecular flexibility index (Phi) is 4.26. The van der Waals surface area contributed by atoms with Crippen LogP contribution >= 0.6 is 11.3 Å². The van der Waals surface area contributed by atoms with Crippen LogP contribution in [0.5, 0.6) is 0 Å². The van der Waals surface area contributed by atoms with Gasteiger partial charge >= 0.3 is 0 Å². The predicted octanol–water partition coefficient (Wildman–Crippen LogP) is 1.18. The van der Waals surface area contributed by atoms with Gasteiger partial charge < -0.3 is 5.73 Å². The first kappa shape index (κ1) is 15.2. The molecule has 1 amide bonds. The van der Waals surface area contributed by atoms with Crippen LogP contribution in [0.2, 0.25) is 0 Å². The number of piperidine rings is 1. The highest BCUT2D eigenvalue weighted by molar-refractivity contribution is 7.18. The Balaban J connectivity index is 1.76. The maximum absolute atomic E-state index is 12.5. The molecule has 0 atom stereocenters. The van der Waals surface area contributed by atoms with Crippen LogP contribution < -0.4 is 11.3 Å². The minimum Gasteiger partial charge on any atom is -0.369 e. The van der Waals surface area contributed by atoms with Gasteiger partial charge in [0.2, 0.25) is 5.91 Å². The number of fused-ring (bicyclic) bond motifs is 1. The third kappa shape index (κ3) is 2.91. The number of nitrogens with zero attached hydrogens (tertiary/aromatic N) is 3. The second-order valence-electron chi connectivity index (χ2n) is 5.74. The molecule has 6 nitrogen and oxygen atoms in total. The number of aryl methyl sites for hydroxylation is 1. The van der Waals surface area contributed by atoms with E-state index in [2.05, 4.69) is 16.8 Å². The molecule has 0 aromatic carbocycles. The molecule has 3 heterocycles. The van der Waals surface area contributed by atoms with Gasteiger partial charge in [-0.2, -0.15) is 0 Å². The molecule has 0 saturated carbocycles. The van der Waals surface area contributed by atoms with Crippen LogP contribution in [0.1, 0.15) is 24.6 Å². The molecule has 0 unspecified atom stereocenters. The Morgan fingerprint density at radius 3 is 2.82 bits per heavy atom. The van der Waals surface area contributed by atoms with Gasteiger partial charge in [-0.05, 0) is 25.3 Å². The van der Waals surface area contributed by atoms with Gasteiger partial charge in [-0.15, -0.1) is 11.3 Å². The molecule has 7 heteroatoms. The van der Waals surface area contributed by atoms with Crippen LogP contribution in [-0.2, 0) is 17.9 Å². The molecule has 1 aliphatic rings. The fourth-order valence-corrected chi connectivity index (χ4v) is 3.78. The van der Waals surface area contributed by atoms with E-state index in [1.165, 1.54) is 4.88 Å². The number of thiophene rings is 1. The van der Waals surface area contributed by atoms with Crippen LogP contribution in [0.4, 0.5) is 0 Å². The van der Waals surface area contributed by atoms with Crippen LogP contribution in [-0.4, -0.2) is 33.4 Å². The molecule has 1 aliphatic heterocycles. The molecule has 1 saturated heterocycles. The molecule has 3 rings (SSSR count). The zero-order valence-electron chi connectivity index (χ0n) is 12.6. The first-order valence-corrected chi connectivity index (χ1v) is 8.39. The quantitative estimate of drug-likeness (QED) is 0.917. The molecule has 2 aromatic heterocycles. The van der Waals surface area contributed by atoms with Crippen molar-refractivity contribution in [2.45, 2.75) is 32.9 Å². The number of likely N-dealkylation sites (tertiary alicyclic amines) is 1. The zero-order valence-corrected chi connectivity index (χ0v) is 13.4. The number of aromatic nitrogens is 2. The van der Waals surface area contributed by atoms with Crippen molar-refractivity contribution in [3.05, 3.63) is 27.6 Å². The highest BCUT2D eigenvalue weighted by Gasteiger charge is 2.23. The normalized spacial score (nSPS) is 17.1. The van der Waals surface area contributed by atoms with E-state index in [4.69, 9.17) is 5.73 Å². The molecule has 0 spiro atoms. The molecule has 118 valence electrons. The van der Waals surface area contributed by atoms with Crippen LogP contribution in [0.15, 0.2) is 17.2 Å². The minimum atomic E-state index is -0.217. The smallest absolute Gasteiger partial charge is 0.263 e. The van der Waals surface area contributed by atoms with Gasteiger partial charge in [0.25, 0.3) is 5.56 Å². The molecular formula is C15H20N4O2S. The standard InChI is InChI=1S/C15H20N4O2S/c1-2-11-7-12-14(22-11)17-8-19(15(12)21)9-18-5-3-10(4-6-18)13(16)20/h7-8,10H,2-6,9H2,1H3,(H2,16,20). The van der Waals surface area contributed by atoms with Crippen LogP contribution in [0.25, 0.3) is 10.2 Å². The summed E-state index contributed by atoms with van der Waals surface area (Å²) >= 11 is 1.58. The third-order valence-corrected chi connectivity index (χ3v) is 5.45. The van der Waals surface area contributed by atoms with E-state index in [0.29, 0.717) is 12.1 Å². The molecule has 0 bridgehead atoms. The Hall–Kier alpha value is -1.73. The van der Waals surface area contributed by atoms with E-state index in [1.807, 2.05) is 6.07 Å². The second kappa shape index (κ2) is 6.18. The third-order valence-electron chi connectivity index (χ3n) is 4.26. The highest BCUT2D eigenvalue weighted by atomic mass is 32.1. The summed E-state index contributed by atoms with van der Waals surface area (Å²) in [5.41, 5.74) is 5.36. The van der Waals surface area contributed by atoms with E-state index in [0.717, 1.165) is 37.2 Å². The Labute approximate surface area is 132 Å². The lowest BCUT2D eigenvalue weighted by molar-refractivity contribution is -0.123. The van der Waals surface area contributed by atoms with E-state index in [9.17, 15) is 9.59 Å². The van der Waals surface area contributed by atoms with Gasteiger partial charge in [0, 0.05) is 23.9 Å². The number of hydrogen-bond acceptors (Lipinski definition) is 5. The monoisotopic (exact) mass is 320 g/mol. The van der Waals surface area contributed by atoms with Crippen molar-refractivity contribution >= 4 is 27.5 Å². The second-order valence-corrected chi connectivity index (χ2v) is 6.86. The lowest BCUT2D eigenvalue weighted by Crippen LogP contribution is -2.41. The number of carbonyl (C=O) groups is 1. The van der Waals surface area contributed by atoms with Gasteiger partial charge in [0.05, 0.1) is 12.1 Å². The van der Waals surface area contributed by atoms with Crippen molar-refractivity contribution in [1.29, 1.82) is 0 Å². The summed E-state index contributed by atoms with van der Waals surface area (Å²) in [5, 5.41) is 0.705. The molecule has 2 aromatic rings. The molecular weight excluding hydrogens is 300 g/mol. The fourth-order valence-electron chi connectivity index (χ4n) is 2.86. The van der Waals surface area contributed by atoms with Crippen molar-refractivity contribution in [3.8, 4) is 0 Å². The van der Waals surface area contributed by atoms with Gasteiger partial charge in [0.1, 0.15) is 11.2 Å². The molecule has 1 fully saturated rings. The topological polar surface area (TPSA) is 81.2 Å². The first-order valence-electron chi connectivity index (χ1n) is 7.58. The van der Waals surface area contributed by atoms with Gasteiger partial charge in [-0.3, -0.25) is 19.1 Å². The van der Waals surface area contributed by atoms with Crippen LogP contribution in [0.3, 0.4) is 0 Å². The van der Waals surface area contributed by atoms with Crippen molar-refractivity contribution in [3.63, 3.8) is 0 Å². The maximum atomic E-state index is 12.5. The number of primary amides is 1. The summed E-state index contributed by atoms with van der Waals surface area (Å²) in [6.07, 6.45) is 4.07. The first-order chi connectivity index (χ1) is 10.6. The van der Waals surface area contributed by atoms with E-state index < -0.39 is 0 Å². The average molecular weight is 320 g/mol. The summed E-state index contributed by atoms with van der Waals surface area (Å²) in [4.78, 5) is 32.3. The Morgan fingerprint density at radius 1 is 1.45 bits per heavy atom. The maximum Gasteiger partial charge on any atom is 0.263 e. The summed E-state index contributed by atoms with van der Waals surface area (Å²) < 4.78 is 1.65. The Morgan fingerprint density at radius 2 is 2.18 bits per heavy atom. The number of hydrogen-bond donors (Lipinski definition) is 1. The number of carbonyl (C=O) groups excluding carboxylic acids is 1. The van der Waals surface area contributed by atoms with Crippen molar-refractivity contribution in [2.75, 3.05) is 13.1 Å². The minimum absolute atomic E-state index is 0.0120. The van der Waals surface area contributed by atoms with Crippen molar-refractivity contribution in [1.82, 2.24) is 14.5 Å². The molecule has 2 N–H and O–H groups in total. The SMILES string of the molecule is CCc1cc2c(=O)n(CN3CCC(C(N)=O)CC3)cnc2s1. The number of nitrogens with two attached hydrogens (primary N) is 1. The lowest BCUT2D eigenvalue weighted by Gasteiger charge is -2.30. The summed E-state index contributed by atoms with van der Waals surface area (Å²) in [6, 6.07) is 1.95. The summed E-state index contributed by atoms with van der Waals surface area (Å²) in [7, 11) is 0. The lowest BCUT2D eigenvalue weighted by atomic mass is 9.97. The molecule has 0 aliphatic carbocycles. The largest absolute Gasteiger partial charge is 0.369 e.